The minimum absolute atomic E-state index is 1.16. The summed E-state index contributed by atoms with van der Waals surface area (Å²) in [5, 5.41) is 0. The number of rotatable bonds is 2. The highest BCUT2D eigenvalue weighted by Crippen LogP contribution is 2.24. The van der Waals surface area contributed by atoms with Gasteiger partial charge in [0.2, 0.25) is 0 Å². The normalized spacial score (nSPS) is 19.8. The minimum Gasteiger partial charge on any atom is -0.0845 e. The molecule has 0 aliphatic heterocycles. The molecule has 0 heteroatoms. The van der Waals surface area contributed by atoms with Crippen molar-refractivity contribution in [2.75, 3.05) is 0 Å². The van der Waals surface area contributed by atoms with Crippen LogP contribution in [0.1, 0.15) is 46.0 Å². The average molecular weight is 150 g/mol. The van der Waals surface area contributed by atoms with Crippen LogP contribution in [0.5, 0.6) is 0 Å². The van der Waals surface area contributed by atoms with Gasteiger partial charge in [-0.1, -0.05) is 24.6 Å². The predicted molar refractivity (Wildman–Crippen MR) is 50.6 cm³/mol. The second-order valence-corrected chi connectivity index (χ2v) is 3.32. The molecule has 0 bridgehead atoms. The molecular weight excluding hydrogens is 132 g/mol. The SMILES string of the molecule is CC/C=C\C1=C(C)CCCC1. The molecule has 0 spiro atoms. The maximum absolute atomic E-state index is 2.31. The molecule has 1 rings (SSSR count). The van der Waals surface area contributed by atoms with Gasteiger partial charge in [-0.2, -0.15) is 0 Å². The lowest BCUT2D eigenvalue weighted by Gasteiger charge is -2.14. The molecule has 0 unspecified atom stereocenters. The zero-order chi connectivity index (χ0) is 8.10. The highest BCUT2D eigenvalue weighted by Gasteiger charge is 2.05. The van der Waals surface area contributed by atoms with Crippen molar-refractivity contribution in [3.63, 3.8) is 0 Å². The Labute approximate surface area is 70.0 Å². The van der Waals surface area contributed by atoms with E-state index in [1.807, 2.05) is 0 Å². The topological polar surface area (TPSA) is 0 Å². The fourth-order valence-corrected chi connectivity index (χ4v) is 1.57. The van der Waals surface area contributed by atoms with Crippen molar-refractivity contribution in [2.24, 2.45) is 0 Å². The van der Waals surface area contributed by atoms with Crippen LogP contribution in [0.25, 0.3) is 0 Å². The number of hydrogen-bond acceptors (Lipinski definition) is 0. The highest BCUT2D eigenvalue weighted by atomic mass is 14.1. The van der Waals surface area contributed by atoms with Crippen molar-refractivity contribution >= 4 is 0 Å². The predicted octanol–water partition coefficient (Wildman–Crippen LogP) is 3.84. The standard InChI is InChI=1S/C11H18/c1-3-4-8-11-9-6-5-7-10(11)2/h4,8H,3,5-7,9H2,1-2H3/b8-4-. The van der Waals surface area contributed by atoms with Crippen molar-refractivity contribution in [3.05, 3.63) is 23.3 Å². The van der Waals surface area contributed by atoms with E-state index in [-0.39, 0.29) is 0 Å². The fraction of sp³-hybridized carbons (Fsp3) is 0.636. The van der Waals surface area contributed by atoms with Gasteiger partial charge in [0.25, 0.3) is 0 Å². The minimum atomic E-state index is 1.16. The summed E-state index contributed by atoms with van der Waals surface area (Å²) in [6.45, 7) is 4.46. The molecular formula is C11H18. The van der Waals surface area contributed by atoms with Gasteiger partial charge >= 0.3 is 0 Å². The van der Waals surface area contributed by atoms with Gasteiger partial charge in [0.05, 0.1) is 0 Å². The van der Waals surface area contributed by atoms with Gasteiger partial charge < -0.3 is 0 Å². The zero-order valence-corrected chi connectivity index (χ0v) is 7.69. The zero-order valence-electron chi connectivity index (χ0n) is 7.69. The first-order valence-electron chi connectivity index (χ1n) is 4.69. The van der Waals surface area contributed by atoms with Crippen molar-refractivity contribution in [3.8, 4) is 0 Å². The van der Waals surface area contributed by atoms with E-state index in [4.69, 9.17) is 0 Å². The van der Waals surface area contributed by atoms with Gasteiger partial charge in [-0.25, -0.2) is 0 Å². The quantitative estimate of drug-likeness (QED) is 0.561. The largest absolute Gasteiger partial charge is 0.0845 e. The summed E-state index contributed by atoms with van der Waals surface area (Å²) in [5.74, 6) is 0. The summed E-state index contributed by atoms with van der Waals surface area (Å²) in [6.07, 6.45) is 11.2. The first-order chi connectivity index (χ1) is 5.34. The van der Waals surface area contributed by atoms with Crippen molar-refractivity contribution in [2.45, 2.75) is 46.0 Å². The van der Waals surface area contributed by atoms with Gasteiger partial charge in [-0.05, 0) is 44.6 Å². The van der Waals surface area contributed by atoms with Crippen LogP contribution in [0.15, 0.2) is 23.3 Å². The fourth-order valence-electron chi connectivity index (χ4n) is 1.57. The third kappa shape index (κ3) is 2.53. The average Bonchev–Trinajstić information content (AvgIpc) is 2.03. The summed E-state index contributed by atoms with van der Waals surface area (Å²) >= 11 is 0. The molecule has 11 heavy (non-hydrogen) atoms. The van der Waals surface area contributed by atoms with E-state index in [0.717, 1.165) is 6.42 Å². The molecule has 0 aromatic rings. The Kier molecular flexibility index (Phi) is 3.41. The first kappa shape index (κ1) is 8.58. The third-order valence-electron chi connectivity index (χ3n) is 2.35. The molecule has 1 aliphatic carbocycles. The van der Waals surface area contributed by atoms with E-state index >= 15 is 0 Å². The van der Waals surface area contributed by atoms with E-state index in [1.54, 1.807) is 11.1 Å². The molecule has 0 aromatic carbocycles. The van der Waals surface area contributed by atoms with Crippen molar-refractivity contribution in [1.82, 2.24) is 0 Å². The summed E-state index contributed by atoms with van der Waals surface area (Å²) in [5.41, 5.74) is 3.21. The van der Waals surface area contributed by atoms with Crippen LogP contribution in [0.2, 0.25) is 0 Å². The van der Waals surface area contributed by atoms with Gasteiger partial charge in [0, 0.05) is 0 Å². The molecule has 0 N–H and O–H groups in total. The van der Waals surface area contributed by atoms with Crippen LogP contribution < -0.4 is 0 Å². The molecule has 1 aliphatic rings. The van der Waals surface area contributed by atoms with Crippen LogP contribution >= 0.6 is 0 Å². The van der Waals surface area contributed by atoms with Gasteiger partial charge in [-0.3, -0.25) is 0 Å². The Balaban J connectivity index is 2.59. The van der Waals surface area contributed by atoms with E-state index in [1.165, 1.54) is 25.7 Å². The number of hydrogen-bond donors (Lipinski definition) is 0. The molecule has 0 heterocycles. The van der Waals surface area contributed by atoms with E-state index < -0.39 is 0 Å². The van der Waals surface area contributed by atoms with E-state index in [9.17, 15) is 0 Å². The Bertz CT molecular complexity index is 172. The molecule has 0 nitrogen and oxygen atoms in total. The lowest BCUT2D eigenvalue weighted by molar-refractivity contribution is 0.682. The van der Waals surface area contributed by atoms with Gasteiger partial charge in [-0.15, -0.1) is 0 Å². The second kappa shape index (κ2) is 4.38. The van der Waals surface area contributed by atoms with Crippen LogP contribution in [0.4, 0.5) is 0 Å². The molecule has 62 valence electrons. The third-order valence-corrected chi connectivity index (χ3v) is 2.35. The van der Waals surface area contributed by atoms with Crippen LogP contribution in [-0.4, -0.2) is 0 Å². The van der Waals surface area contributed by atoms with E-state index in [2.05, 4.69) is 26.0 Å². The maximum Gasteiger partial charge on any atom is -0.0279 e. The Hall–Kier alpha value is -0.520. The lowest BCUT2D eigenvalue weighted by atomic mass is 9.92. The summed E-state index contributed by atoms with van der Waals surface area (Å²) in [7, 11) is 0. The molecule has 0 atom stereocenters. The maximum atomic E-state index is 2.31. The highest BCUT2D eigenvalue weighted by molar-refractivity contribution is 5.26. The summed E-state index contributed by atoms with van der Waals surface area (Å²) in [6, 6.07) is 0. The van der Waals surface area contributed by atoms with Crippen molar-refractivity contribution in [1.29, 1.82) is 0 Å². The molecule has 0 saturated heterocycles. The molecule has 0 amide bonds. The summed E-state index contributed by atoms with van der Waals surface area (Å²) in [4.78, 5) is 0. The lowest BCUT2D eigenvalue weighted by Crippen LogP contribution is -1.94. The van der Waals surface area contributed by atoms with Crippen LogP contribution in [0, 0.1) is 0 Å². The molecule has 0 fully saturated rings. The Morgan fingerprint density at radius 3 is 2.64 bits per heavy atom. The molecule has 0 radical (unpaired) electrons. The summed E-state index contributed by atoms with van der Waals surface area (Å²) < 4.78 is 0. The molecule has 0 saturated carbocycles. The van der Waals surface area contributed by atoms with Gasteiger partial charge in [0.1, 0.15) is 0 Å². The Morgan fingerprint density at radius 2 is 2.00 bits per heavy atom. The number of allylic oxidation sites excluding steroid dienone is 4. The first-order valence-corrected chi connectivity index (χ1v) is 4.69. The smallest absolute Gasteiger partial charge is 0.0279 e. The van der Waals surface area contributed by atoms with Crippen LogP contribution in [-0.2, 0) is 0 Å². The Morgan fingerprint density at radius 1 is 1.27 bits per heavy atom. The monoisotopic (exact) mass is 150 g/mol. The van der Waals surface area contributed by atoms with Crippen molar-refractivity contribution < 1.29 is 0 Å². The second-order valence-electron chi connectivity index (χ2n) is 3.32. The van der Waals surface area contributed by atoms with Gasteiger partial charge in [0.15, 0.2) is 0 Å². The van der Waals surface area contributed by atoms with E-state index in [0.29, 0.717) is 0 Å². The molecule has 0 aromatic heterocycles. The van der Waals surface area contributed by atoms with Crippen LogP contribution in [0.3, 0.4) is 0 Å².